The fourth-order valence-electron chi connectivity index (χ4n) is 3.64. The number of aryl methyl sites for hydroxylation is 1. The van der Waals surface area contributed by atoms with E-state index in [1.54, 1.807) is 5.57 Å². The molecule has 2 heterocycles. The molecule has 2 nitrogen and oxygen atoms in total. The molecule has 0 spiro atoms. The Morgan fingerprint density at radius 2 is 1.96 bits per heavy atom. The van der Waals surface area contributed by atoms with Crippen molar-refractivity contribution >= 4 is 37.4 Å². The van der Waals surface area contributed by atoms with Crippen molar-refractivity contribution in [2.75, 3.05) is 18.4 Å². The zero-order chi connectivity index (χ0) is 17.1. The molecule has 4 heteroatoms. The fraction of sp³-hybridized carbons (Fsp3) is 0.450. The van der Waals surface area contributed by atoms with Gasteiger partial charge in [0.05, 0.1) is 5.69 Å². The van der Waals surface area contributed by atoms with Crippen LogP contribution in [0.5, 0.6) is 0 Å². The number of allylic oxidation sites excluding steroid dienone is 5. The molecular formula is C20H24Br2N2. The lowest BCUT2D eigenvalue weighted by molar-refractivity contribution is 0.611. The number of piperidine rings is 1. The van der Waals surface area contributed by atoms with Crippen LogP contribution < -0.4 is 5.32 Å². The standard InChI is InChI=1S/C20H24Br2N2/c1-13(2)9-15-3-4-16-10-17(22)12-24-20(16)19(18(15)11-21)14-5-7-23-8-6-14/h9-10,12,23H,3-8,11H2,1-2H3. The fourth-order valence-corrected chi connectivity index (χ4v) is 4.66. The topological polar surface area (TPSA) is 24.9 Å². The summed E-state index contributed by atoms with van der Waals surface area (Å²) in [6.45, 7) is 6.50. The van der Waals surface area contributed by atoms with Gasteiger partial charge in [0.25, 0.3) is 0 Å². The Morgan fingerprint density at radius 3 is 2.62 bits per heavy atom. The first kappa shape index (κ1) is 18.1. The Bertz CT molecular complexity index is 717. The van der Waals surface area contributed by atoms with Crippen LogP contribution in [-0.4, -0.2) is 23.4 Å². The molecule has 0 radical (unpaired) electrons. The number of aromatic nitrogens is 1. The van der Waals surface area contributed by atoms with Crippen molar-refractivity contribution < 1.29 is 0 Å². The van der Waals surface area contributed by atoms with Gasteiger partial charge >= 0.3 is 0 Å². The molecule has 0 bridgehead atoms. The van der Waals surface area contributed by atoms with Gasteiger partial charge in [-0.2, -0.15) is 0 Å². The molecule has 1 fully saturated rings. The highest BCUT2D eigenvalue weighted by atomic mass is 79.9. The summed E-state index contributed by atoms with van der Waals surface area (Å²) in [5.74, 6) is 0. The minimum atomic E-state index is 0.884. The van der Waals surface area contributed by atoms with Crippen molar-refractivity contribution in [1.82, 2.24) is 10.3 Å². The number of nitrogens with zero attached hydrogens (tertiary/aromatic N) is 1. The lowest BCUT2D eigenvalue weighted by Gasteiger charge is -2.22. The van der Waals surface area contributed by atoms with Crippen molar-refractivity contribution in [3.05, 3.63) is 56.4 Å². The third-order valence-corrected chi connectivity index (χ3v) is 5.67. The van der Waals surface area contributed by atoms with Crippen LogP contribution in [0.1, 0.15) is 44.4 Å². The highest BCUT2D eigenvalue weighted by Gasteiger charge is 2.24. The molecule has 3 rings (SSSR count). The Labute approximate surface area is 161 Å². The summed E-state index contributed by atoms with van der Waals surface area (Å²) in [4.78, 5) is 4.85. The van der Waals surface area contributed by atoms with Crippen molar-refractivity contribution in [1.29, 1.82) is 0 Å². The summed E-state index contributed by atoms with van der Waals surface area (Å²) in [5, 5.41) is 4.36. The summed E-state index contributed by atoms with van der Waals surface area (Å²) in [7, 11) is 0. The summed E-state index contributed by atoms with van der Waals surface area (Å²) >= 11 is 7.37. The van der Waals surface area contributed by atoms with E-state index in [1.165, 1.54) is 33.5 Å². The zero-order valence-electron chi connectivity index (χ0n) is 14.4. The zero-order valence-corrected chi connectivity index (χ0v) is 17.6. The van der Waals surface area contributed by atoms with Crippen LogP contribution in [0.25, 0.3) is 5.57 Å². The number of hydrogen-bond acceptors (Lipinski definition) is 2. The SMILES string of the molecule is CC(C)=CC1=C(CBr)C(=C2CCNCC2)c2ncc(Br)cc2CC1. The second-order valence-corrected chi connectivity index (χ2v) is 8.23. The van der Waals surface area contributed by atoms with E-state index < -0.39 is 0 Å². The second kappa shape index (κ2) is 8.11. The molecule has 1 aliphatic heterocycles. The van der Waals surface area contributed by atoms with Gasteiger partial charge in [0.15, 0.2) is 0 Å². The molecule has 0 unspecified atom stereocenters. The van der Waals surface area contributed by atoms with E-state index >= 15 is 0 Å². The Morgan fingerprint density at radius 1 is 1.21 bits per heavy atom. The average molecular weight is 452 g/mol. The van der Waals surface area contributed by atoms with Gasteiger partial charge in [0.2, 0.25) is 0 Å². The molecule has 1 aromatic heterocycles. The highest BCUT2D eigenvalue weighted by Crippen LogP contribution is 2.39. The molecule has 0 atom stereocenters. The van der Waals surface area contributed by atoms with E-state index in [0.29, 0.717) is 0 Å². The monoisotopic (exact) mass is 450 g/mol. The first-order valence-corrected chi connectivity index (χ1v) is 10.5. The van der Waals surface area contributed by atoms with Gasteiger partial charge in [0, 0.05) is 21.6 Å². The molecule has 2 aliphatic rings. The van der Waals surface area contributed by atoms with Crippen LogP contribution >= 0.6 is 31.9 Å². The van der Waals surface area contributed by atoms with Crippen LogP contribution in [0.15, 0.2) is 45.1 Å². The van der Waals surface area contributed by atoms with Crippen LogP contribution in [0.3, 0.4) is 0 Å². The molecule has 24 heavy (non-hydrogen) atoms. The normalized spacial score (nSPS) is 18.3. The first-order chi connectivity index (χ1) is 11.6. The largest absolute Gasteiger partial charge is 0.316 e. The van der Waals surface area contributed by atoms with Crippen molar-refractivity contribution in [3.63, 3.8) is 0 Å². The van der Waals surface area contributed by atoms with Crippen LogP contribution in [0, 0.1) is 0 Å². The smallest absolute Gasteiger partial charge is 0.0737 e. The van der Waals surface area contributed by atoms with Crippen molar-refractivity contribution in [2.24, 2.45) is 0 Å². The molecule has 128 valence electrons. The number of nitrogens with one attached hydrogen (secondary N) is 1. The highest BCUT2D eigenvalue weighted by molar-refractivity contribution is 9.10. The molecule has 0 saturated carbocycles. The summed E-state index contributed by atoms with van der Waals surface area (Å²) in [6, 6.07) is 2.25. The summed E-state index contributed by atoms with van der Waals surface area (Å²) in [5.41, 5.74) is 9.77. The average Bonchev–Trinajstić information content (AvgIpc) is 2.72. The van der Waals surface area contributed by atoms with Gasteiger partial charge in [-0.15, -0.1) is 0 Å². The number of rotatable bonds is 2. The summed E-state index contributed by atoms with van der Waals surface area (Å²) in [6.07, 6.45) is 8.66. The molecule has 1 aromatic rings. The van der Waals surface area contributed by atoms with Crippen LogP contribution in [0.4, 0.5) is 0 Å². The molecule has 1 N–H and O–H groups in total. The molecule has 1 saturated heterocycles. The van der Waals surface area contributed by atoms with Gasteiger partial charge in [0.1, 0.15) is 0 Å². The third kappa shape index (κ3) is 3.92. The van der Waals surface area contributed by atoms with Gasteiger partial charge in [-0.05, 0) is 91.3 Å². The minimum absolute atomic E-state index is 0.884. The first-order valence-electron chi connectivity index (χ1n) is 8.61. The van der Waals surface area contributed by atoms with Crippen LogP contribution in [0.2, 0.25) is 0 Å². The van der Waals surface area contributed by atoms with Gasteiger partial charge in [-0.3, -0.25) is 4.98 Å². The van der Waals surface area contributed by atoms with Crippen molar-refractivity contribution in [2.45, 2.75) is 39.5 Å². The molecular weight excluding hydrogens is 428 g/mol. The van der Waals surface area contributed by atoms with Gasteiger partial charge < -0.3 is 5.32 Å². The van der Waals surface area contributed by atoms with E-state index in [0.717, 1.165) is 48.6 Å². The summed E-state index contributed by atoms with van der Waals surface area (Å²) < 4.78 is 1.07. The maximum Gasteiger partial charge on any atom is 0.0737 e. The van der Waals surface area contributed by atoms with Gasteiger partial charge in [-0.1, -0.05) is 33.2 Å². The van der Waals surface area contributed by atoms with E-state index in [1.807, 2.05) is 6.20 Å². The van der Waals surface area contributed by atoms with E-state index in [9.17, 15) is 0 Å². The Hall–Kier alpha value is -0.710. The number of alkyl halides is 1. The van der Waals surface area contributed by atoms with Crippen LogP contribution in [-0.2, 0) is 6.42 Å². The number of hydrogen-bond donors (Lipinski definition) is 1. The second-order valence-electron chi connectivity index (χ2n) is 6.75. The van der Waals surface area contributed by atoms with E-state index in [2.05, 4.69) is 63.2 Å². The van der Waals surface area contributed by atoms with E-state index in [-0.39, 0.29) is 0 Å². The van der Waals surface area contributed by atoms with E-state index in [4.69, 9.17) is 4.98 Å². The predicted molar refractivity (Wildman–Crippen MR) is 110 cm³/mol. The molecule has 1 aliphatic carbocycles. The number of pyridine rings is 1. The maximum atomic E-state index is 4.85. The van der Waals surface area contributed by atoms with Crippen molar-refractivity contribution in [3.8, 4) is 0 Å². The Kier molecular flexibility index (Phi) is 6.12. The van der Waals surface area contributed by atoms with Gasteiger partial charge in [-0.25, -0.2) is 0 Å². The number of halogens is 2. The number of fused-ring (bicyclic) bond motifs is 1. The third-order valence-electron chi connectivity index (χ3n) is 4.68. The molecule has 0 amide bonds. The Balaban J connectivity index is 2.24. The minimum Gasteiger partial charge on any atom is -0.316 e. The maximum absolute atomic E-state index is 4.85. The lowest BCUT2D eigenvalue weighted by atomic mass is 9.89. The predicted octanol–water partition coefficient (Wildman–Crippen LogP) is 5.59. The molecule has 0 aromatic carbocycles. The quantitative estimate of drug-likeness (QED) is 0.593. The lowest BCUT2D eigenvalue weighted by Crippen LogP contribution is -2.24.